The van der Waals surface area contributed by atoms with Crippen molar-refractivity contribution in [3.63, 3.8) is 0 Å². The van der Waals surface area contributed by atoms with Crippen LogP contribution in [0, 0.1) is 0 Å². The minimum absolute atomic E-state index is 0.0528. The van der Waals surface area contributed by atoms with Gasteiger partial charge in [-0.25, -0.2) is 4.79 Å². The first kappa shape index (κ1) is 14.3. The van der Waals surface area contributed by atoms with Gasteiger partial charge in [-0.05, 0) is 20.3 Å². The second-order valence-corrected chi connectivity index (χ2v) is 5.08. The lowest BCUT2D eigenvalue weighted by molar-refractivity contribution is -0.137. The molecule has 1 aromatic rings. The summed E-state index contributed by atoms with van der Waals surface area (Å²) in [5, 5.41) is 18.0. The molecular weight excluding hydrogens is 264 g/mol. The number of hydrogen-bond acceptors (Lipinski definition) is 4. The smallest absolute Gasteiger partial charge is 0.325 e. The summed E-state index contributed by atoms with van der Waals surface area (Å²) < 4.78 is 6.68. The van der Waals surface area contributed by atoms with Crippen LogP contribution in [0.2, 0.25) is 0 Å². The van der Waals surface area contributed by atoms with Crippen LogP contribution >= 0.6 is 0 Å². The molecule has 0 radical (unpaired) electrons. The molecule has 0 saturated carbocycles. The zero-order chi connectivity index (χ0) is 14.8. The lowest BCUT2D eigenvalue weighted by Gasteiger charge is -2.28. The lowest BCUT2D eigenvalue weighted by Crippen LogP contribution is -2.52. The first-order chi connectivity index (χ1) is 9.39. The molecule has 0 aromatic carbocycles. The van der Waals surface area contributed by atoms with E-state index < -0.39 is 11.5 Å². The molecule has 20 heavy (non-hydrogen) atoms. The van der Waals surface area contributed by atoms with E-state index in [1.165, 1.54) is 17.1 Å². The molecule has 2 heterocycles. The van der Waals surface area contributed by atoms with Crippen LogP contribution in [-0.2, 0) is 16.1 Å². The van der Waals surface area contributed by atoms with E-state index in [1.807, 2.05) is 13.8 Å². The molecular formula is C12H18N4O4. The first-order valence-corrected chi connectivity index (χ1v) is 6.34. The number of urea groups is 1. The minimum atomic E-state index is -0.992. The molecule has 1 aromatic heterocycles. The van der Waals surface area contributed by atoms with Gasteiger partial charge in [0.25, 0.3) is 0 Å². The maximum atomic E-state index is 11.9. The van der Waals surface area contributed by atoms with Crippen molar-refractivity contribution in [3.05, 3.63) is 12.4 Å². The van der Waals surface area contributed by atoms with Crippen LogP contribution in [0.15, 0.2) is 12.4 Å². The Balaban J connectivity index is 1.91. The molecule has 0 aliphatic carbocycles. The lowest BCUT2D eigenvalue weighted by atomic mass is 9.95. The number of hydrogen-bond donors (Lipinski definition) is 3. The molecule has 1 fully saturated rings. The third kappa shape index (κ3) is 3.27. The molecule has 2 unspecified atom stereocenters. The molecule has 8 heteroatoms. The summed E-state index contributed by atoms with van der Waals surface area (Å²) in [4.78, 5) is 22.5. The van der Waals surface area contributed by atoms with Gasteiger partial charge in [0, 0.05) is 12.8 Å². The van der Waals surface area contributed by atoms with Crippen LogP contribution in [0.5, 0.6) is 0 Å². The zero-order valence-corrected chi connectivity index (χ0v) is 11.4. The van der Waals surface area contributed by atoms with Crippen molar-refractivity contribution in [3.8, 4) is 0 Å². The van der Waals surface area contributed by atoms with Crippen molar-refractivity contribution in [2.24, 2.45) is 0 Å². The Hall–Kier alpha value is -2.09. The van der Waals surface area contributed by atoms with Crippen LogP contribution in [-0.4, -0.2) is 45.1 Å². The number of aliphatic carboxylic acids is 1. The fourth-order valence-corrected chi connectivity index (χ4v) is 2.07. The van der Waals surface area contributed by atoms with Gasteiger partial charge >= 0.3 is 12.0 Å². The average Bonchev–Trinajstić information content (AvgIpc) is 2.87. The van der Waals surface area contributed by atoms with Crippen molar-refractivity contribution >= 4 is 17.7 Å². The largest absolute Gasteiger partial charge is 0.480 e. The van der Waals surface area contributed by atoms with Gasteiger partial charge in [0.15, 0.2) is 0 Å². The Morgan fingerprint density at radius 3 is 3.00 bits per heavy atom. The average molecular weight is 282 g/mol. The molecule has 0 spiro atoms. The van der Waals surface area contributed by atoms with Gasteiger partial charge < -0.3 is 20.5 Å². The van der Waals surface area contributed by atoms with Gasteiger partial charge in [-0.3, -0.25) is 9.48 Å². The van der Waals surface area contributed by atoms with Gasteiger partial charge in [-0.2, -0.15) is 5.10 Å². The van der Waals surface area contributed by atoms with Crippen LogP contribution in [0.1, 0.15) is 20.3 Å². The van der Waals surface area contributed by atoms with Crippen LogP contribution < -0.4 is 10.6 Å². The SMILES string of the molecule is CC1OCCC1(C)NC(=O)Nc1cnn(CC(=O)O)c1. The third-order valence-electron chi connectivity index (χ3n) is 3.47. The summed E-state index contributed by atoms with van der Waals surface area (Å²) >= 11 is 0. The van der Waals surface area contributed by atoms with Crippen LogP contribution in [0.25, 0.3) is 0 Å². The topological polar surface area (TPSA) is 105 Å². The van der Waals surface area contributed by atoms with E-state index in [9.17, 15) is 9.59 Å². The zero-order valence-electron chi connectivity index (χ0n) is 11.4. The maximum absolute atomic E-state index is 11.9. The van der Waals surface area contributed by atoms with Crippen molar-refractivity contribution < 1.29 is 19.4 Å². The Morgan fingerprint density at radius 2 is 2.40 bits per heavy atom. The second kappa shape index (κ2) is 5.49. The number of aromatic nitrogens is 2. The summed E-state index contributed by atoms with van der Waals surface area (Å²) in [6.07, 6.45) is 3.56. The minimum Gasteiger partial charge on any atom is -0.480 e. The predicted octanol–water partition coefficient (Wildman–Crippen LogP) is 0.657. The van der Waals surface area contributed by atoms with Crippen molar-refractivity contribution in [1.82, 2.24) is 15.1 Å². The van der Waals surface area contributed by atoms with E-state index in [1.54, 1.807) is 0 Å². The van der Waals surface area contributed by atoms with Gasteiger partial charge in [0.05, 0.1) is 23.5 Å². The van der Waals surface area contributed by atoms with E-state index >= 15 is 0 Å². The Bertz CT molecular complexity index is 515. The van der Waals surface area contributed by atoms with Gasteiger partial charge in [0.1, 0.15) is 6.54 Å². The van der Waals surface area contributed by atoms with Crippen molar-refractivity contribution in [2.45, 2.75) is 38.5 Å². The molecule has 8 nitrogen and oxygen atoms in total. The van der Waals surface area contributed by atoms with Crippen LogP contribution in [0.3, 0.4) is 0 Å². The van der Waals surface area contributed by atoms with E-state index in [0.29, 0.717) is 12.3 Å². The summed E-state index contributed by atoms with van der Waals surface area (Å²) in [6, 6.07) is -0.361. The fourth-order valence-electron chi connectivity index (χ4n) is 2.07. The van der Waals surface area contributed by atoms with Gasteiger partial charge in [0.2, 0.25) is 0 Å². The number of nitrogens with one attached hydrogen (secondary N) is 2. The molecule has 2 rings (SSSR count). The highest BCUT2D eigenvalue weighted by Crippen LogP contribution is 2.25. The number of anilines is 1. The molecule has 1 aliphatic heterocycles. The van der Waals surface area contributed by atoms with E-state index in [4.69, 9.17) is 9.84 Å². The predicted molar refractivity (Wildman–Crippen MR) is 70.5 cm³/mol. The first-order valence-electron chi connectivity index (χ1n) is 6.34. The number of carboxylic acid groups (broad SMARTS) is 1. The number of ether oxygens (including phenoxy) is 1. The van der Waals surface area contributed by atoms with Gasteiger partial charge in [-0.1, -0.05) is 0 Å². The number of carbonyl (C=O) groups is 2. The van der Waals surface area contributed by atoms with E-state index in [-0.39, 0.29) is 18.7 Å². The molecule has 2 atom stereocenters. The monoisotopic (exact) mass is 282 g/mol. The van der Waals surface area contributed by atoms with Crippen molar-refractivity contribution in [1.29, 1.82) is 0 Å². The second-order valence-electron chi connectivity index (χ2n) is 5.08. The van der Waals surface area contributed by atoms with Crippen molar-refractivity contribution in [2.75, 3.05) is 11.9 Å². The number of amides is 2. The Kier molecular flexibility index (Phi) is 3.93. The normalized spacial score (nSPS) is 25.4. The highest BCUT2D eigenvalue weighted by Gasteiger charge is 2.38. The summed E-state index contributed by atoms with van der Waals surface area (Å²) in [7, 11) is 0. The van der Waals surface area contributed by atoms with Crippen LogP contribution in [0.4, 0.5) is 10.5 Å². The molecule has 3 N–H and O–H groups in total. The third-order valence-corrected chi connectivity index (χ3v) is 3.47. The highest BCUT2D eigenvalue weighted by molar-refractivity contribution is 5.89. The number of nitrogens with zero attached hydrogens (tertiary/aromatic N) is 2. The standard InChI is InChI=1S/C12H18N4O4/c1-8-12(2,3-4-20-8)15-11(19)14-9-5-13-16(6-9)7-10(17)18/h5-6,8H,3-4,7H2,1-2H3,(H,17,18)(H2,14,15,19). The summed E-state index contributed by atoms with van der Waals surface area (Å²) in [6.45, 7) is 4.22. The van der Waals surface area contributed by atoms with E-state index in [0.717, 1.165) is 6.42 Å². The molecule has 1 aliphatic rings. The maximum Gasteiger partial charge on any atom is 0.325 e. The Morgan fingerprint density at radius 1 is 1.65 bits per heavy atom. The van der Waals surface area contributed by atoms with E-state index in [2.05, 4.69) is 15.7 Å². The Labute approximate surface area is 116 Å². The van der Waals surface area contributed by atoms with Gasteiger partial charge in [-0.15, -0.1) is 0 Å². The molecule has 0 bridgehead atoms. The number of rotatable bonds is 4. The molecule has 1 saturated heterocycles. The number of carbonyl (C=O) groups excluding carboxylic acids is 1. The summed E-state index contributed by atoms with van der Waals surface area (Å²) in [5.41, 5.74) is 0.0418. The fraction of sp³-hybridized carbons (Fsp3) is 0.583. The highest BCUT2D eigenvalue weighted by atomic mass is 16.5. The molecule has 2 amide bonds. The number of carboxylic acids is 1. The molecule has 110 valence electrons. The quantitative estimate of drug-likeness (QED) is 0.752. The summed E-state index contributed by atoms with van der Waals surface area (Å²) in [5.74, 6) is -0.992.